The lowest BCUT2D eigenvalue weighted by atomic mass is 10.1. The Morgan fingerprint density at radius 1 is 1.12 bits per heavy atom. The van der Waals surface area contributed by atoms with E-state index in [2.05, 4.69) is 15.5 Å². The number of allylic oxidation sites excluding steroid dienone is 1. The average Bonchev–Trinajstić information content (AvgIpc) is 2.99. The van der Waals surface area contributed by atoms with Gasteiger partial charge in [0, 0.05) is 11.9 Å². The van der Waals surface area contributed by atoms with Crippen LogP contribution >= 0.6 is 0 Å². The summed E-state index contributed by atoms with van der Waals surface area (Å²) in [6.45, 7) is 1.88. The number of anilines is 1. The second-order valence-electron chi connectivity index (χ2n) is 5.05. The van der Waals surface area contributed by atoms with Gasteiger partial charge in [-0.05, 0) is 48.9 Å². The maximum Gasteiger partial charge on any atom is 0.145 e. The van der Waals surface area contributed by atoms with E-state index in [4.69, 9.17) is 10.5 Å². The summed E-state index contributed by atoms with van der Waals surface area (Å²) in [5.74, 6) is -0.324. The molecule has 0 aliphatic rings. The van der Waals surface area contributed by atoms with Crippen molar-refractivity contribution in [3.05, 3.63) is 59.6 Å². The molecule has 1 N–H and O–H groups in total. The summed E-state index contributed by atoms with van der Waals surface area (Å²) in [7, 11) is 0. The summed E-state index contributed by atoms with van der Waals surface area (Å²) in [4.78, 5) is 1.43. The summed E-state index contributed by atoms with van der Waals surface area (Å²) in [6.07, 6.45) is 1.35. The van der Waals surface area contributed by atoms with Crippen molar-refractivity contribution in [3.63, 3.8) is 0 Å². The lowest BCUT2D eigenvalue weighted by Gasteiger charge is -2.04. The zero-order chi connectivity index (χ0) is 17.1. The van der Waals surface area contributed by atoms with Crippen molar-refractivity contribution < 1.29 is 4.39 Å². The van der Waals surface area contributed by atoms with Crippen molar-refractivity contribution >= 4 is 16.7 Å². The Morgan fingerprint density at radius 3 is 2.38 bits per heavy atom. The van der Waals surface area contributed by atoms with Crippen LogP contribution in [0.25, 0.3) is 16.7 Å². The fourth-order valence-corrected chi connectivity index (χ4v) is 2.15. The second kappa shape index (κ2) is 6.19. The van der Waals surface area contributed by atoms with Gasteiger partial charge in [-0.15, -0.1) is 10.2 Å². The number of hydrogen-bond acceptors (Lipinski definition) is 5. The monoisotopic (exact) mass is 318 g/mol. The minimum Gasteiger partial charge on any atom is -0.360 e. The Balaban J connectivity index is 1.99. The molecular formula is C17H11FN6. The second-order valence-corrected chi connectivity index (χ2v) is 5.05. The molecule has 0 spiro atoms. The van der Waals surface area contributed by atoms with Gasteiger partial charge in [-0.2, -0.15) is 15.3 Å². The molecule has 0 saturated carbocycles. The zero-order valence-corrected chi connectivity index (χ0v) is 12.7. The van der Waals surface area contributed by atoms with E-state index in [0.29, 0.717) is 16.7 Å². The minimum atomic E-state index is -0.324. The quantitative estimate of drug-likeness (QED) is 0.749. The molecule has 2 aromatic carbocycles. The summed E-state index contributed by atoms with van der Waals surface area (Å²) in [5.41, 5.74) is 3.56. The van der Waals surface area contributed by atoms with E-state index in [1.165, 1.54) is 23.1 Å². The summed E-state index contributed by atoms with van der Waals surface area (Å²) < 4.78 is 13.0. The molecule has 0 unspecified atom stereocenters. The molecule has 0 aliphatic carbocycles. The van der Waals surface area contributed by atoms with Gasteiger partial charge in [-0.1, -0.05) is 0 Å². The standard InChI is InChI=1S/C17H11FN6/c1-11-6-16-17(7-15(11)21-10-12(8-19)9-20)23-24(22-16)14-4-2-13(18)3-5-14/h2-7,10,21H,1H3. The fraction of sp³-hybridized carbons (Fsp3) is 0.0588. The van der Waals surface area contributed by atoms with Gasteiger partial charge in [0.25, 0.3) is 0 Å². The third-order valence-electron chi connectivity index (χ3n) is 3.40. The minimum absolute atomic E-state index is 0.0236. The topological polar surface area (TPSA) is 90.3 Å². The van der Waals surface area contributed by atoms with Gasteiger partial charge in [0.05, 0.1) is 5.69 Å². The van der Waals surface area contributed by atoms with Crippen LogP contribution in [0, 0.1) is 35.4 Å². The van der Waals surface area contributed by atoms with Gasteiger partial charge in [0.15, 0.2) is 0 Å². The third kappa shape index (κ3) is 2.92. The Bertz CT molecular complexity index is 1000. The molecule has 0 saturated heterocycles. The van der Waals surface area contributed by atoms with Crippen molar-refractivity contribution in [1.29, 1.82) is 10.5 Å². The van der Waals surface area contributed by atoms with Crippen molar-refractivity contribution in [1.82, 2.24) is 15.0 Å². The van der Waals surface area contributed by atoms with E-state index < -0.39 is 0 Å². The number of rotatable bonds is 3. The van der Waals surface area contributed by atoms with Crippen LogP contribution in [0.2, 0.25) is 0 Å². The first-order valence-corrected chi connectivity index (χ1v) is 7.01. The van der Waals surface area contributed by atoms with Crippen LogP contribution in [-0.4, -0.2) is 15.0 Å². The van der Waals surface area contributed by atoms with E-state index in [1.54, 1.807) is 30.3 Å². The van der Waals surface area contributed by atoms with Gasteiger partial charge in [0.1, 0.15) is 34.6 Å². The summed E-state index contributed by atoms with van der Waals surface area (Å²) in [6, 6.07) is 13.1. The van der Waals surface area contributed by atoms with Crippen LogP contribution in [0.15, 0.2) is 48.2 Å². The average molecular weight is 318 g/mol. The van der Waals surface area contributed by atoms with Crippen LogP contribution in [0.3, 0.4) is 0 Å². The molecule has 3 rings (SSSR count). The normalized spacial score (nSPS) is 10.0. The Hall–Kier alpha value is -3.71. The summed E-state index contributed by atoms with van der Waals surface area (Å²) >= 11 is 0. The largest absolute Gasteiger partial charge is 0.360 e. The number of benzene rings is 2. The van der Waals surface area contributed by atoms with E-state index in [9.17, 15) is 4.39 Å². The SMILES string of the molecule is Cc1cc2nn(-c3ccc(F)cc3)nc2cc1NC=C(C#N)C#N. The van der Waals surface area contributed by atoms with Crippen LogP contribution in [-0.2, 0) is 0 Å². The first-order chi connectivity index (χ1) is 11.6. The molecule has 1 aromatic heterocycles. The van der Waals surface area contributed by atoms with Crippen LogP contribution < -0.4 is 5.32 Å². The van der Waals surface area contributed by atoms with Gasteiger partial charge in [-0.25, -0.2) is 4.39 Å². The van der Waals surface area contributed by atoms with Crippen LogP contribution in [0.5, 0.6) is 0 Å². The van der Waals surface area contributed by atoms with E-state index >= 15 is 0 Å². The molecule has 7 heteroatoms. The van der Waals surface area contributed by atoms with Crippen molar-refractivity contribution in [2.45, 2.75) is 6.92 Å². The third-order valence-corrected chi connectivity index (χ3v) is 3.40. The number of halogens is 1. The highest BCUT2D eigenvalue weighted by atomic mass is 19.1. The number of nitrogens with one attached hydrogen (secondary N) is 1. The highest BCUT2D eigenvalue weighted by molar-refractivity contribution is 5.81. The molecule has 0 amide bonds. The molecule has 116 valence electrons. The molecule has 3 aromatic rings. The number of nitrogens with zero attached hydrogens (tertiary/aromatic N) is 5. The molecule has 0 bridgehead atoms. The molecule has 0 atom stereocenters. The number of fused-ring (bicyclic) bond motifs is 1. The molecule has 1 heterocycles. The van der Waals surface area contributed by atoms with Crippen molar-refractivity contribution in [2.24, 2.45) is 0 Å². The van der Waals surface area contributed by atoms with Crippen molar-refractivity contribution in [3.8, 4) is 17.8 Å². The summed E-state index contributed by atoms with van der Waals surface area (Å²) in [5, 5.41) is 29.2. The molecule has 6 nitrogen and oxygen atoms in total. The molecular weight excluding hydrogens is 307 g/mol. The maximum atomic E-state index is 13.0. The van der Waals surface area contributed by atoms with Gasteiger partial charge >= 0.3 is 0 Å². The number of nitriles is 2. The molecule has 0 radical (unpaired) electrons. The zero-order valence-electron chi connectivity index (χ0n) is 12.7. The number of aromatic nitrogens is 3. The van der Waals surface area contributed by atoms with Gasteiger partial charge in [-0.3, -0.25) is 0 Å². The fourth-order valence-electron chi connectivity index (χ4n) is 2.15. The number of aryl methyl sites for hydroxylation is 1. The van der Waals surface area contributed by atoms with E-state index in [0.717, 1.165) is 11.3 Å². The predicted octanol–water partition coefficient (Wildman–Crippen LogP) is 3.21. The first-order valence-electron chi connectivity index (χ1n) is 7.01. The Labute approximate surface area is 137 Å². The highest BCUT2D eigenvalue weighted by Gasteiger charge is 2.08. The van der Waals surface area contributed by atoms with Gasteiger partial charge in [0.2, 0.25) is 0 Å². The molecule has 0 fully saturated rings. The highest BCUT2D eigenvalue weighted by Crippen LogP contribution is 2.22. The maximum absolute atomic E-state index is 13.0. The predicted molar refractivity (Wildman–Crippen MR) is 86.5 cm³/mol. The lowest BCUT2D eigenvalue weighted by Crippen LogP contribution is -1.97. The first kappa shape index (κ1) is 15.2. The Morgan fingerprint density at radius 2 is 1.75 bits per heavy atom. The lowest BCUT2D eigenvalue weighted by molar-refractivity contribution is 0.626. The van der Waals surface area contributed by atoms with Crippen molar-refractivity contribution in [2.75, 3.05) is 5.32 Å². The molecule has 24 heavy (non-hydrogen) atoms. The smallest absolute Gasteiger partial charge is 0.145 e. The van der Waals surface area contributed by atoms with E-state index in [1.807, 2.05) is 13.0 Å². The van der Waals surface area contributed by atoms with Crippen LogP contribution in [0.1, 0.15) is 5.56 Å². The van der Waals surface area contributed by atoms with E-state index in [-0.39, 0.29) is 11.4 Å². The Kier molecular flexibility index (Phi) is 3.92. The molecule has 0 aliphatic heterocycles. The number of hydrogen-bond donors (Lipinski definition) is 1. The van der Waals surface area contributed by atoms with Crippen LogP contribution in [0.4, 0.5) is 10.1 Å². The van der Waals surface area contributed by atoms with Gasteiger partial charge < -0.3 is 5.32 Å².